The summed E-state index contributed by atoms with van der Waals surface area (Å²) >= 11 is 12.1. The number of anilines is 1. The van der Waals surface area contributed by atoms with Crippen LogP contribution in [0.25, 0.3) is 10.8 Å². The fourth-order valence-corrected chi connectivity index (χ4v) is 4.29. The topological polar surface area (TPSA) is 69.7 Å². The third kappa shape index (κ3) is 3.70. The van der Waals surface area contributed by atoms with Gasteiger partial charge in [-0.15, -0.1) is 0 Å². The van der Waals surface area contributed by atoms with Crippen LogP contribution in [0.5, 0.6) is 0 Å². The largest absolute Gasteiger partial charge is 0.325 e. The predicted octanol–water partition coefficient (Wildman–Crippen LogP) is 4.97. The Hall–Kier alpha value is -3.09. The molecule has 1 saturated heterocycles. The maximum Gasteiger partial charge on any atom is 0.325 e. The van der Waals surface area contributed by atoms with Crippen molar-refractivity contribution in [3.8, 4) is 0 Å². The molecule has 1 fully saturated rings. The van der Waals surface area contributed by atoms with Crippen LogP contribution in [0.15, 0.2) is 60.7 Å². The summed E-state index contributed by atoms with van der Waals surface area (Å²) in [6.07, 6.45) is 0. The quantitative estimate of drug-likeness (QED) is 0.536. The molecule has 0 radical (unpaired) electrons. The lowest BCUT2D eigenvalue weighted by Gasteiger charge is -2.25. The number of fused-ring (bicyclic) bond motifs is 1. The number of nitrogens with one attached hydrogen (secondary N) is 1. The average molecular weight is 470 g/mol. The maximum absolute atomic E-state index is 13.2. The second kappa shape index (κ2) is 8.45. The Morgan fingerprint density at radius 2 is 1.75 bits per heavy atom. The molecule has 1 N–H and O–H groups in total. The summed E-state index contributed by atoms with van der Waals surface area (Å²) in [4.78, 5) is 41.7. The predicted molar refractivity (Wildman–Crippen MR) is 126 cm³/mol. The SMILES string of the molecule is CCN(C(=O)CN1C(=O)NC(C)(c2ccc(Cl)c(Cl)c2)C1=O)c1cccc2ccccc12. The van der Waals surface area contributed by atoms with Gasteiger partial charge in [-0.25, -0.2) is 4.79 Å². The summed E-state index contributed by atoms with van der Waals surface area (Å²) in [6.45, 7) is 3.45. The molecule has 8 heteroatoms. The van der Waals surface area contributed by atoms with Crippen molar-refractivity contribution in [2.75, 3.05) is 18.0 Å². The van der Waals surface area contributed by atoms with Crippen LogP contribution < -0.4 is 10.2 Å². The fourth-order valence-electron chi connectivity index (χ4n) is 3.99. The van der Waals surface area contributed by atoms with Crippen LogP contribution in [0.2, 0.25) is 10.0 Å². The summed E-state index contributed by atoms with van der Waals surface area (Å²) in [6, 6.07) is 17.6. The molecule has 3 aromatic rings. The van der Waals surface area contributed by atoms with Gasteiger partial charge in [0.1, 0.15) is 12.1 Å². The van der Waals surface area contributed by atoms with Gasteiger partial charge in [-0.05, 0) is 43.0 Å². The number of carbonyl (C=O) groups is 3. The first-order valence-electron chi connectivity index (χ1n) is 10.1. The number of rotatable bonds is 5. The highest BCUT2D eigenvalue weighted by Crippen LogP contribution is 2.33. The number of amides is 4. The van der Waals surface area contributed by atoms with E-state index in [1.54, 1.807) is 30.0 Å². The fraction of sp³-hybridized carbons (Fsp3) is 0.208. The Morgan fingerprint density at radius 1 is 1.03 bits per heavy atom. The van der Waals surface area contributed by atoms with E-state index in [-0.39, 0.29) is 17.5 Å². The zero-order valence-electron chi connectivity index (χ0n) is 17.6. The average Bonchev–Trinajstić information content (AvgIpc) is 3.00. The first kappa shape index (κ1) is 22.1. The molecule has 3 aromatic carbocycles. The van der Waals surface area contributed by atoms with Crippen molar-refractivity contribution >= 4 is 57.5 Å². The van der Waals surface area contributed by atoms with Gasteiger partial charge in [0.2, 0.25) is 5.91 Å². The van der Waals surface area contributed by atoms with E-state index in [0.717, 1.165) is 21.4 Å². The summed E-state index contributed by atoms with van der Waals surface area (Å²) in [5, 5.41) is 5.23. The van der Waals surface area contributed by atoms with Crippen LogP contribution in [0.1, 0.15) is 19.4 Å². The number of imide groups is 1. The van der Waals surface area contributed by atoms with Gasteiger partial charge in [0.25, 0.3) is 5.91 Å². The molecule has 1 aliphatic rings. The van der Waals surface area contributed by atoms with Gasteiger partial charge >= 0.3 is 6.03 Å². The number of urea groups is 1. The van der Waals surface area contributed by atoms with Gasteiger partial charge in [0, 0.05) is 11.9 Å². The zero-order chi connectivity index (χ0) is 23.0. The summed E-state index contributed by atoms with van der Waals surface area (Å²) in [5.74, 6) is -0.881. The van der Waals surface area contributed by atoms with Gasteiger partial charge in [-0.1, -0.05) is 65.7 Å². The van der Waals surface area contributed by atoms with Crippen molar-refractivity contribution in [3.05, 3.63) is 76.3 Å². The van der Waals surface area contributed by atoms with Crippen LogP contribution in [-0.2, 0) is 15.1 Å². The molecule has 1 atom stereocenters. The van der Waals surface area contributed by atoms with Crippen molar-refractivity contribution < 1.29 is 14.4 Å². The second-order valence-corrected chi connectivity index (χ2v) is 8.53. The molecule has 1 aliphatic heterocycles. The van der Waals surface area contributed by atoms with E-state index in [1.165, 1.54) is 0 Å². The number of likely N-dealkylation sites (N-methyl/N-ethyl adjacent to an activating group) is 1. The van der Waals surface area contributed by atoms with Gasteiger partial charge in [-0.3, -0.25) is 14.5 Å². The van der Waals surface area contributed by atoms with E-state index in [0.29, 0.717) is 17.1 Å². The molecule has 6 nitrogen and oxygen atoms in total. The first-order valence-corrected chi connectivity index (χ1v) is 10.9. The molecular formula is C24H21Cl2N3O3. The highest BCUT2D eigenvalue weighted by Gasteiger charge is 2.50. The highest BCUT2D eigenvalue weighted by atomic mass is 35.5. The number of halogens is 2. The molecular weight excluding hydrogens is 449 g/mol. The summed E-state index contributed by atoms with van der Waals surface area (Å²) in [7, 11) is 0. The van der Waals surface area contributed by atoms with Crippen molar-refractivity contribution in [2.24, 2.45) is 0 Å². The van der Waals surface area contributed by atoms with Gasteiger partial charge in [0.15, 0.2) is 0 Å². The van der Waals surface area contributed by atoms with E-state index < -0.39 is 17.5 Å². The summed E-state index contributed by atoms with van der Waals surface area (Å²) < 4.78 is 0. The molecule has 0 saturated carbocycles. The standard InChI is InChI=1S/C24H21Cl2N3O3/c1-3-28(20-10-6-8-15-7-4-5-9-17(15)20)21(30)14-29-22(31)24(2,27-23(29)32)16-11-12-18(25)19(26)13-16/h4-13H,3,14H2,1-2H3,(H,27,32). The Labute approximate surface area is 195 Å². The third-order valence-electron chi connectivity index (χ3n) is 5.74. The smallest absolute Gasteiger partial charge is 0.319 e. The Morgan fingerprint density at radius 3 is 2.47 bits per heavy atom. The normalized spacial score (nSPS) is 18.2. The van der Waals surface area contributed by atoms with E-state index in [4.69, 9.17) is 23.2 Å². The molecule has 4 rings (SSSR count). The molecule has 0 aliphatic carbocycles. The van der Waals surface area contributed by atoms with Crippen LogP contribution >= 0.6 is 23.2 Å². The number of benzene rings is 3. The van der Waals surface area contributed by atoms with Gasteiger partial charge in [-0.2, -0.15) is 0 Å². The molecule has 0 bridgehead atoms. The Kier molecular flexibility index (Phi) is 5.84. The molecule has 164 valence electrons. The minimum Gasteiger partial charge on any atom is -0.319 e. The number of nitrogens with zero attached hydrogens (tertiary/aromatic N) is 2. The molecule has 1 heterocycles. The minimum absolute atomic E-state index is 0.273. The molecule has 1 unspecified atom stereocenters. The molecule has 0 spiro atoms. The van der Waals surface area contributed by atoms with Crippen LogP contribution in [0.3, 0.4) is 0 Å². The first-order chi connectivity index (χ1) is 15.3. The van der Waals surface area contributed by atoms with Crippen LogP contribution in [-0.4, -0.2) is 35.8 Å². The molecule has 32 heavy (non-hydrogen) atoms. The Balaban J connectivity index is 1.61. The maximum atomic E-state index is 13.2. The monoisotopic (exact) mass is 469 g/mol. The van der Waals surface area contributed by atoms with Gasteiger partial charge < -0.3 is 10.2 Å². The van der Waals surface area contributed by atoms with E-state index in [9.17, 15) is 14.4 Å². The van der Waals surface area contributed by atoms with Gasteiger partial charge in [0.05, 0.1) is 15.7 Å². The second-order valence-electron chi connectivity index (χ2n) is 7.71. The molecule has 4 amide bonds. The van der Waals surface area contributed by atoms with Crippen molar-refractivity contribution in [3.63, 3.8) is 0 Å². The number of carbonyl (C=O) groups excluding carboxylic acids is 3. The lowest BCUT2D eigenvalue weighted by molar-refractivity contribution is -0.134. The van der Waals surface area contributed by atoms with Crippen molar-refractivity contribution in [1.29, 1.82) is 0 Å². The third-order valence-corrected chi connectivity index (χ3v) is 6.48. The number of hydrogen-bond acceptors (Lipinski definition) is 3. The molecule has 0 aromatic heterocycles. The lowest BCUT2D eigenvalue weighted by atomic mass is 9.92. The van der Waals surface area contributed by atoms with E-state index in [1.807, 2.05) is 49.4 Å². The van der Waals surface area contributed by atoms with Crippen molar-refractivity contribution in [1.82, 2.24) is 10.2 Å². The van der Waals surface area contributed by atoms with E-state index >= 15 is 0 Å². The minimum atomic E-state index is -1.35. The van der Waals surface area contributed by atoms with Crippen LogP contribution in [0, 0.1) is 0 Å². The van der Waals surface area contributed by atoms with Crippen molar-refractivity contribution in [2.45, 2.75) is 19.4 Å². The highest BCUT2D eigenvalue weighted by molar-refractivity contribution is 6.42. The lowest BCUT2D eigenvalue weighted by Crippen LogP contribution is -2.44. The summed E-state index contributed by atoms with van der Waals surface area (Å²) in [5.41, 5.74) is -0.126. The number of hydrogen-bond donors (Lipinski definition) is 1. The Bertz CT molecular complexity index is 1240. The zero-order valence-corrected chi connectivity index (χ0v) is 19.1. The van der Waals surface area contributed by atoms with E-state index in [2.05, 4.69) is 5.32 Å². The van der Waals surface area contributed by atoms with Crippen LogP contribution in [0.4, 0.5) is 10.5 Å².